The van der Waals surface area contributed by atoms with E-state index in [1.807, 2.05) is 0 Å². The maximum atomic E-state index is 12.5. The highest BCUT2D eigenvalue weighted by Gasteiger charge is 2.36. The molecule has 1 aliphatic rings. The number of aliphatic carboxylic acids is 1. The number of nitrogens with zero attached hydrogens (tertiary/aromatic N) is 2. The highest BCUT2D eigenvalue weighted by Crippen LogP contribution is 2.27. The molecule has 19 heavy (non-hydrogen) atoms. The predicted octanol–water partition coefficient (Wildman–Crippen LogP) is 0.777. The van der Waals surface area contributed by atoms with Crippen LogP contribution in [0.25, 0.3) is 0 Å². The monoisotopic (exact) mass is 288 g/mol. The Kier molecular flexibility index (Phi) is 3.64. The van der Waals surface area contributed by atoms with Gasteiger partial charge >= 0.3 is 5.97 Å². The lowest BCUT2D eigenvalue weighted by Gasteiger charge is -2.29. The molecule has 1 aromatic heterocycles. The second kappa shape index (κ2) is 4.93. The number of carboxylic acid groups (broad SMARTS) is 1. The van der Waals surface area contributed by atoms with Crippen LogP contribution >= 0.6 is 0 Å². The summed E-state index contributed by atoms with van der Waals surface area (Å²) in [6.45, 7) is 3.42. The highest BCUT2D eigenvalue weighted by atomic mass is 32.2. The summed E-state index contributed by atoms with van der Waals surface area (Å²) in [6, 6.07) is 0. The van der Waals surface area contributed by atoms with Crippen LogP contribution in [0.3, 0.4) is 0 Å². The Bertz CT molecular complexity index is 573. The van der Waals surface area contributed by atoms with Crippen molar-refractivity contribution in [3.63, 3.8) is 0 Å². The van der Waals surface area contributed by atoms with Gasteiger partial charge in [0.25, 0.3) is 0 Å². The van der Waals surface area contributed by atoms with Gasteiger partial charge in [-0.25, -0.2) is 8.42 Å². The summed E-state index contributed by atoms with van der Waals surface area (Å²) in [5.41, 5.74) is 0.301. The molecule has 1 N–H and O–H groups in total. The van der Waals surface area contributed by atoms with Crippen LogP contribution in [-0.2, 0) is 14.8 Å². The van der Waals surface area contributed by atoms with Gasteiger partial charge in [-0.05, 0) is 26.7 Å². The van der Waals surface area contributed by atoms with E-state index in [0.29, 0.717) is 25.1 Å². The molecule has 0 amide bonds. The van der Waals surface area contributed by atoms with Crippen molar-refractivity contribution < 1.29 is 22.8 Å². The molecule has 0 radical (unpaired) electrons. The largest absolute Gasteiger partial charge is 0.481 e. The Morgan fingerprint density at radius 2 is 2.16 bits per heavy atom. The standard InChI is InChI=1S/C11H16N2O5S/c1-7-10(8(2)18-12-7)19(16,17)13-5-3-4-9(6-13)11(14)15/h9H,3-6H2,1-2H3,(H,14,15)/t9-/m0/s1. The summed E-state index contributed by atoms with van der Waals surface area (Å²) >= 11 is 0. The van der Waals surface area contributed by atoms with Crippen molar-refractivity contribution in [2.75, 3.05) is 13.1 Å². The number of hydrogen-bond acceptors (Lipinski definition) is 5. The molecule has 0 saturated carbocycles. The van der Waals surface area contributed by atoms with Crippen molar-refractivity contribution in [3.8, 4) is 0 Å². The number of carbonyl (C=O) groups is 1. The molecule has 1 aliphatic heterocycles. The zero-order valence-electron chi connectivity index (χ0n) is 10.8. The van der Waals surface area contributed by atoms with E-state index in [1.165, 1.54) is 11.2 Å². The normalized spacial score (nSPS) is 21.5. The minimum Gasteiger partial charge on any atom is -0.481 e. The number of carboxylic acids is 1. The van der Waals surface area contributed by atoms with E-state index in [1.54, 1.807) is 6.92 Å². The van der Waals surface area contributed by atoms with Crippen molar-refractivity contribution in [2.45, 2.75) is 31.6 Å². The van der Waals surface area contributed by atoms with Crippen LogP contribution in [0, 0.1) is 19.8 Å². The van der Waals surface area contributed by atoms with Gasteiger partial charge in [0.1, 0.15) is 10.6 Å². The van der Waals surface area contributed by atoms with Gasteiger partial charge in [-0.15, -0.1) is 0 Å². The molecule has 0 aromatic carbocycles. The van der Waals surface area contributed by atoms with Crippen molar-refractivity contribution in [1.82, 2.24) is 9.46 Å². The minimum absolute atomic E-state index is 0.00171. The number of aromatic nitrogens is 1. The first-order valence-corrected chi connectivity index (χ1v) is 7.44. The molecule has 1 saturated heterocycles. The lowest BCUT2D eigenvalue weighted by molar-refractivity contribution is -0.142. The Morgan fingerprint density at radius 3 is 2.68 bits per heavy atom. The van der Waals surface area contributed by atoms with Crippen LogP contribution in [0.5, 0.6) is 0 Å². The third-order valence-corrected chi connectivity index (χ3v) is 5.41. The van der Waals surface area contributed by atoms with Crippen LogP contribution < -0.4 is 0 Å². The number of piperidine rings is 1. The molecule has 0 spiro atoms. The zero-order valence-corrected chi connectivity index (χ0v) is 11.6. The topological polar surface area (TPSA) is 101 Å². The first-order chi connectivity index (χ1) is 8.84. The van der Waals surface area contributed by atoms with Crippen molar-refractivity contribution in [1.29, 1.82) is 0 Å². The summed E-state index contributed by atoms with van der Waals surface area (Å²) < 4.78 is 31.1. The van der Waals surface area contributed by atoms with E-state index in [0.717, 1.165) is 0 Å². The number of aryl methyl sites for hydroxylation is 2. The summed E-state index contributed by atoms with van der Waals surface area (Å²) in [5.74, 6) is -1.38. The first-order valence-electron chi connectivity index (χ1n) is 6.00. The molecule has 2 rings (SSSR count). The molecular formula is C11H16N2O5S. The van der Waals surface area contributed by atoms with E-state index < -0.39 is 21.9 Å². The molecule has 8 heteroatoms. The maximum absolute atomic E-state index is 12.5. The Morgan fingerprint density at radius 1 is 1.47 bits per heavy atom. The molecule has 2 heterocycles. The zero-order chi connectivity index (χ0) is 14.2. The maximum Gasteiger partial charge on any atom is 0.307 e. The third-order valence-electron chi connectivity index (χ3n) is 3.30. The Hall–Kier alpha value is -1.41. The van der Waals surface area contributed by atoms with Crippen LogP contribution in [0.1, 0.15) is 24.3 Å². The molecule has 0 unspecified atom stereocenters. The third kappa shape index (κ3) is 2.50. The molecule has 1 atom stereocenters. The molecule has 0 aliphatic carbocycles. The van der Waals surface area contributed by atoms with Gasteiger partial charge in [0.15, 0.2) is 5.76 Å². The quantitative estimate of drug-likeness (QED) is 0.882. The van der Waals surface area contributed by atoms with E-state index in [2.05, 4.69) is 5.16 Å². The van der Waals surface area contributed by atoms with Crippen LogP contribution in [-0.4, -0.2) is 42.0 Å². The fourth-order valence-corrected chi connectivity index (χ4v) is 4.15. The summed E-state index contributed by atoms with van der Waals surface area (Å²) in [4.78, 5) is 11.0. The van der Waals surface area contributed by atoms with Crippen molar-refractivity contribution >= 4 is 16.0 Å². The molecular weight excluding hydrogens is 272 g/mol. The van der Waals surface area contributed by atoms with E-state index >= 15 is 0 Å². The predicted molar refractivity (Wildman–Crippen MR) is 65.1 cm³/mol. The fourth-order valence-electron chi connectivity index (χ4n) is 2.33. The Balaban J connectivity index is 2.32. The van der Waals surface area contributed by atoms with E-state index in [-0.39, 0.29) is 17.2 Å². The fraction of sp³-hybridized carbons (Fsp3) is 0.636. The van der Waals surface area contributed by atoms with Crippen LogP contribution in [0.2, 0.25) is 0 Å². The van der Waals surface area contributed by atoms with Gasteiger partial charge in [0.05, 0.1) is 5.92 Å². The first kappa shape index (κ1) is 14.0. The van der Waals surface area contributed by atoms with Gasteiger partial charge in [-0.3, -0.25) is 4.79 Å². The van der Waals surface area contributed by atoms with Crippen LogP contribution in [0.4, 0.5) is 0 Å². The number of rotatable bonds is 3. The number of hydrogen-bond donors (Lipinski definition) is 1. The SMILES string of the molecule is Cc1noc(C)c1S(=O)(=O)N1CCC[C@H](C(=O)O)C1. The second-order valence-corrected chi connectivity index (χ2v) is 6.57. The summed E-state index contributed by atoms with van der Waals surface area (Å²) in [7, 11) is -3.73. The molecule has 1 fully saturated rings. The average Bonchev–Trinajstić information content (AvgIpc) is 2.69. The van der Waals surface area contributed by atoms with Gasteiger partial charge < -0.3 is 9.63 Å². The molecule has 1 aromatic rings. The average molecular weight is 288 g/mol. The van der Waals surface area contributed by atoms with E-state index in [4.69, 9.17) is 9.63 Å². The van der Waals surface area contributed by atoms with Gasteiger partial charge in [0, 0.05) is 13.1 Å². The van der Waals surface area contributed by atoms with Crippen LogP contribution in [0.15, 0.2) is 9.42 Å². The molecule has 106 valence electrons. The minimum atomic E-state index is -3.73. The highest BCUT2D eigenvalue weighted by molar-refractivity contribution is 7.89. The van der Waals surface area contributed by atoms with Gasteiger partial charge in [-0.1, -0.05) is 5.16 Å². The van der Waals surface area contributed by atoms with Gasteiger partial charge in [0.2, 0.25) is 10.0 Å². The van der Waals surface area contributed by atoms with Crippen molar-refractivity contribution in [2.24, 2.45) is 5.92 Å². The lowest BCUT2D eigenvalue weighted by atomic mass is 10.0. The second-order valence-electron chi connectivity index (χ2n) is 4.69. The summed E-state index contributed by atoms with van der Waals surface area (Å²) in [6.07, 6.45) is 1.04. The number of sulfonamides is 1. The van der Waals surface area contributed by atoms with Crippen molar-refractivity contribution in [3.05, 3.63) is 11.5 Å². The van der Waals surface area contributed by atoms with E-state index in [9.17, 15) is 13.2 Å². The smallest absolute Gasteiger partial charge is 0.307 e. The lowest BCUT2D eigenvalue weighted by Crippen LogP contribution is -2.42. The summed E-state index contributed by atoms with van der Waals surface area (Å²) in [5, 5.41) is 12.6. The molecule has 7 nitrogen and oxygen atoms in total. The van der Waals surface area contributed by atoms with Gasteiger partial charge in [-0.2, -0.15) is 4.31 Å². The Labute approximate surface area is 111 Å². The molecule has 0 bridgehead atoms.